The smallest absolute Gasteiger partial charge is 0.343 e. The van der Waals surface area contributed by atoms with Gasteiger partial charge in [-0.2, -0.15) is 9.78 Å². The van der Waals surface area contributed by atoms with Crippen LogP contribution in [0.1, 0.15) is 17.3 Å². The Morgan fingerprint density at radius 1 is 1.06 bits per heavy atom. The van der Waals surface area contributed by atoms with Crippen LogP contribution in [-0.2, 0) is 14.8 Å². The Morgan fingerprint density at radius 3 is 2.59 bits per heavy atom. The standard InChI is InChI=1S/C23H22N4O6S/c1-4-33-23(28)17-14-24-27(21-12-9-15-7-5-6-8-18(15)25-21)22(17)26-34(29,30)20-13-16(31-2)10-11-19(20)32-3/h5-14,26H,4H2,1-3H3. The molecule has 10 nitrogen and oxygen atoms in total. The molecule has 0 aliphatic carbocycles. The van der Waals surface area contributed by atoms with Crippen LogP contribution in [0.4, 0.5) is 5.82 Å². The number of methoxy groups -OCH3 is 2. The number of pyridine rings is 1. The van der Waals surface area contributed by atoms with E-state index in [1.54, 1.807) is 19.1 Å². The van der Waals surface area contributed by atoms with Crippen LogP contribution in [0.15, 0.2) is 65.7 Å². The van der Waals surface area contributed by atoms with Crippen molar-refractivity contribution in [2.75, 3.05) is 25.5 Å². The third kappa shape index (κ3) is 4.37. The second-order valence-electron chi connectivity index (χ2n) is 7.02. The number of hydrogen-bond donors (Lipinski definition) is 1. The molecule has 0 radical (unpaired) electrons. The van der Waals surface area contributed by atoms with Gasteiger partial charge in [0.15, 0.2) is 11.6 Å². The number of rotatable bonds is 8. The number of esters is 1. The van der Waals surface area contributed by atoms with E-state index < -0.39 is 16.0 Å². The summed E-state index contributed by atoms with van der Waals surface area (Å²) in [5, 5.41) is 5.12. The van der Waals surface area contributed by atoms with Gasteiger partial charge in [0.2, 0.25) is 0 Å². The second kappa shape index (κ2) is 9.40. The monoisotopic (exact) mass is 482 g/mol. The van der Waals surface area contributed by atoms with Crippen LogP contribution < -0.4 is 14.2 Å². The summed E-state index contributed by atoms with van der Waals surface area (Å²) in [6.07, 6.45) is 1.23. The van der Waals surface area contributed by atoms with E-state index in [1.807, 2.05) is 30.3 Å². The lowest BCUT2D eigenvalue weighted by Crippen LogP contribution is -2.19. The number of benzene rings is 2. The SMILES string of the molecule is CCOC(=O)c1cnn(-c2ccc3ccccc3n2)c1NS(=O)(=O)c1cc(OC)ccc1OC. The lowest BCUT2D eigenvalue weighted by atomic mass is 10.2. The maximum Gasteiger partial charge on any atom is 0.343 e. The van der Waals surface area contributed by atoms with E-state index in [-0.39, 0.29) is 28.6 Å². The number of hydrogen-bond acceptors (Lipinski definition) is 8. The Hall–Kier alpha value is -4.12. The quantitative estimate of drug-likeness (QED) is 0.379. The molecule has 1 N–H and O–H groups in total. The fourth-order valence-electron chi connectivity index (χ4n) is 3.33. The first-order chi connectivity index (χ1) is 16.4. The number of aromatic nitrogens is 3. The average Bonchev–Trinajstić information content (AvgIpc) is 3.26. The van der Waals surface area contributed by atoms with Crippen molar-refractivity contribution in [3.63, 3.8) is 0 Å². The van der Waals surface area contributed by atoms with Crippen molar-refractivity contribution in [3.05, 3.63) is 66.4 Å². The molecular formula is C23H22N4O6S. The molecule has 0 atom stereocenters. The summed E-state index contributed by atoms with van der Waals surface area (Å²) in [5.41, 5.74) is 0.610. The number of sulfonamides is 1. The molecule has 0 bridgehead atoms. The number of nitrogens with zero attached hydrogens (tertiary/aromatic N) is 3. The molecule has 2 aromatic carbocycles. The summed E-state index contributed by atoms with van der Waals surface area (Å²) in [6.45, 7) is 1.76. The number of carbonyl (C=O) groups is 1. The fourth-order valence-corrected chi connectivity index (χ4v) is 4.58. The van der Waals surface area contributed by atoms with Gasteiger partial charge < -0.3 is 14.2 Å². The molecule has 176 valence electrons. The van der Waals surface area contributed by atoms with Gasteiger partial charge in [-0.15, -0.1) is 0 Å². The van der Waals surface area contributed by atoms with E-state index in [1.165, 1.54) is 37.2 Å². The molecule has 0 aliphatic rings. The van der Waals surface area contributed by atoms with Gasteiger partial charge in [0.1, 0.15) is 22.0 Å². The third-order valence-electron chi connectivity index (χ3n) is 4.96. The molecule has 0 saturated heterocycles. The maximum absolute atomic E-state index is 13.4. The molecule has 0 aliphatic heterocycles. The highest BCUT2D eigenvalue weighted by Gasteiger charge is 2.28. The largest absolute Gasteiger partial charge is 0.497 e. The number of ether oxygens (including phenoxy) is 3. The predicted octanol–water partition coefficient (Wildman–Crippen LogP) is 3.42. The number of anilines is 1. The Bertz CT molecular complexity index is 1470. The van der Waals surface area contributed by atoms with Gasteiger partial charge in [-0.05, 0) is 37.3 Å². The number of carbonyl (C=O) groups excluding carboxylic acids is 1. The highest BCUT2D eigenvalue weighted by molar-refractivity contribution is 7.92. The molecule has 0 amide bonds. The lowest BCUT2D eigenvalue weighted by molar-refractivity contribution is 0.0527. The van der Waals surface area contributed by atoms with E-state index in [0.717, 1.165) is 5.39 Å². The minimum Gasteiger partial charge on any atom is -0.497 e. The van der Waals surface area contributed by atoms with E-state index in [9.17, 15) is 13.2 Å². The van der Waals surface area contributed by atoms with Gasteiger partial charge in [0.05, 0.1) is 32.5 Å². The minimum absolute atomic E-state index is 0.0674. The first-order valence-electron chi connectivity index (χ1n) is 10.2. The first-order valence-corrected chi connectivity index (χ1v) is 11.7. The van der Waals surface area contributed by atoms with Crippen LogP contribution in [0.2, 0.25) is 0 Å². The van der Waals surface area contributed by atoms with Gasteiger partial charge in [-0.1, -0.05) is 18.2 Å². The molecule has 0 saturated carbocycles. The molecule has 0 fully saturated rings. The van der Waals surface area contributed by atoms with Gasteiger partial charge in [-0.25, -0.2) is 18.2 Å². The third-order valence-corrected chi connectivity index (χ3v) is 6.32. The van der Waals surface area contributed by atoms with Crippen LogP contribution in [0.3, 0.4) is 0 Å². The number of para-hydroxylation sites is 1. The van der Waals surface area contributed by atoms with Crippen LogP contribution in [0.25, 0.3) is 16.7 Å². The van der Waals surface area contributed by atoms with Gasteiger partial charge in [0, 0.05) is 11.5 Å². The van der Waals surface area contributed by atoms with E-state index >= 15 is 0 Å². The zero-order valence-electron chi connectivity index (χ0n) is 18.7. The molecule has 4 aromatic rings. The molecule has 0 spiro atoms. The van der Waals surface area contributed by atoms with Crippen molar-refractivity contribution in [1.82, 2.24) is 14.8 Å². The Balaban J connectivity index is 1.86. The molecule has 34 heavy (non-hydrogen) atoms. The highest BCUT2D eigenvalue weighted by atomic mass is 32.2. The van der Waals surface area contributed by atoms with Crippen molar-refractivity contribution in [1.29, 1.82) is 0 Å². The van der Waals surface area contributed by atoms with E-state index in [4.69, 9.17) is 14.2 Å². The van der Waals surface area contributed by atoms with Crippen molar-refractivity contribution < 1.29 is 27.4 Å². The topological polar surface area (TPSA) is 122 Å². The highest BCUT2D eigenvalue weighted by Crippen LogP contribution is 2.31. The fraction of sp³-hybridized carbons (Fsp3) is 0.174. The predicted molar refractivity (Wildman–Crippen MR) is 125 cm³/mol. The van der Waals surface area contributed by atoms with Crippen molar-refractivity contribution >= 4 is 32.7 Å². The Kier molecular flexibility index (Phi) is 6.37. The first kappa shape index (κ1) is 23.1. The van der Waals surface area contributed by atoms with E-state index in [0.29, 0.717) is 17.1 Å². The van der Waals surface area contributed by atoms with E-state index in [2.05, 4.69) is 14.8 Å². The number of fused-ring (bicyclic) bond motifs is 1. The van der Waals surface area contributed by atoms with Crippen molar-refractivity contribution in [2.24, 2.45) is 0 Å². The summed E-state index contributed by atoms with van der Waals surface area (Å²) in [7, 11) is -1.48. The summed E-state index contributed by atoms with van der Waals surface area (Å²) < 4.78 is 46.0. The normalized spacial score (nSPS) is 11.3. The summed E-state index contributed by atoms with van der Waals surface area (Å²) in [6, 6.07) is 15.3. The van der Waals surface area contributed by atoms with Crippen LogP contribution in [0, 0.1) is 0 Å². The van der Waals surface area contributed by atoms with Gasteiger partial charge in [-0.3, -0.25) is 4.72 Å². The molecule has 2 heterocycles. The number of nitrogens with one attached hydrogen (secondary N) is 1. The van der Waals surface area contributed by atoms with Gasteiger partial charge >= 0.3 is 5.97 Å². The van der Waals surface area contributed by atoms with Crippen LogP contribution in [0.5, 0.6) is 11.5 Å². The molecule has 0 unspecified atom stereocenters. The summed E-state index contributed by atoms with van der Waals surface area (Å²) in [4.78, 5) is 17.0. The molecule has 11 heteroatoms. The van der Waals surface area contributed by atoms with Gasteiger partial charge in [0.25, 0.3) is 10.0 Å². The lowest BCUT2D eigenvalue weighted by Gasteiger charge is -2.15. The summed E-state index contributed by atoms with van der Waals surface area (Å²) in [5.74, 6) is -0.127. The zero-order chi connectivity index (χ0) is 24.3. The molecule has 2 aromatic heterocycles. The zero-order valence-corrected chi connectivity index (χ0v) is 19.5. The Morgan fingerprint density at radius 2 is 1.85 bits per heavy atom. The molecular weight excluding hydrogens is 460 g/mol. The summed E-state index contributed by atoms with van der Waals surface area (Å²) >= 11 is 0. The second-order valence-corrected chi connectivity index (χ2v) is 8.67. The van der Waals surface area contributed by atoms with Crippen molar-refractivity contribution in [2.45, 2.75) is 11.8 Å². The van der Waals surface area contributed by atoms with Crippen LogP contribution in [-0.4, -0.2) is 50.0 Å². The Labute approximate surface area is 196 Å². The minimum atomic E-state index is -4.25. The maximum atomic E-state index is 13.4. The van der Waals surface area contributed by atoms with Crippen LogP contribution >= 0.6 is 0 Å². The van der Waals surface area contributed by atoms with Crippen molar-refractivity contribution in [3.8, 4) is 17.3 Å². The average molecular weight is 483 g/mol. The molecule has 4 rings (SSSR count).